The molecule has 3 rings (SSSR count). The SMILES string of the molecule is COc1ccc2[nH]c(-c3ccc(OC)c(F)c3)nc2n1. The normalized spacial score (nSPS) is 10.8. The zero-order valence-electron chi connectivity index (χ0n) is 11.0. The van der Waals surface area contributed by atoms with Crippen LogP contribution >= 0.6 is 0 Å². The standard InChI is InChI=1S/C14H12FN3O2/c1-19-11-5-3-8(7-9(11)15)13-16-10-4-6-12(20-2)17-14(10)18-13/h3-7H,1-2H3,(H,16,17,18). The summed E-state index contributed by atoms with van der Waals surface area (Å²) < 4.78 is 23.6. The minimum Gasteiger partial charge on any atom is -0.494 e. The van der Waals surface area contributed by atoms with E-state index in [9.17, 15) is 4.39 Å². The highest BCUT2D eigenvalue weighted by molar-refractivity contribution is 5.76. The zero-order valence-corrected chi connectivity index (χ0v) is 11.0. The molecule has 0 unspecified atom stereocenters. The highest BCUT2D eigenvalue weighted by Gasteiger charge is 2.10. The molecule has 0 fully saturated rings. The maximum absolute atomic E-state index is 13.7. The quantitative estimate of drug-likeness (QED) is 0.797. The number of rotatable bonds is 3. The minimum absolute atomic E-state index is 0.199. The first-order valence-electron chi connectivity index (χ1n) is 5.96. The van der Waals surface area contributed by atoms with Crippen molar-refractivity contribution in [3.8, 4) is 23.0 Å². The van der Waals surface area contributed by atoms with Crippen molar-refractivity contribution >= 4 is 11.2 Å². The van der Waals surface area contributed by atoms with E-state index < -0.39 is 5.82 Å². The van der Waals surface area contributed by atoms with Crippen molar-refractivity contribution in [2.24, 2.45) is 0 Å². The van der Waals surface area contributed by atoms with E-state index in [1.807, 2.05) is 6.07 Å². The van der Waals surface area contributed by atoms with Crippen molar-refractivity contribution in [2.75, 3.05) is 14.2 Å². The number of ether oxygens (including phenoxy) is 2. The van der Waals surface area contributed by atoms with Gasteiger partial charge in [-0.1, -0.05) is 0 Å². The number of halogens is 1. The Morgan fingerprint density at radius 2 is 1.90 bits per heavy atom. The van der Waals surface area contributed by atoms with Gasteiger partial charge in [0.05, 0.1) is 19.7 Å². The average Bonchev–Trinajstić information content (AvgIpc) is 2.89. The van der Waals surface area contributed by atoms with Gasteiger partial charge in [0, 0.05) is 11.6 Å². The van der Waals surface area contributed by atoms with Crippen LogP contribution in [0.15, 0.2) is 30.3 Å². The number of nitrogens with one attached hydrogen (secondary N) is 1. The number of benzene rings is 1. The number of pyridine rings is 1. The number of hydrogen-bond donors (Lipinski definition) is 1. The highest BCUT2D eigenvalue weighted by atomic mass is 19.1. The largest absolute Gasteiger partial charge is 0.494 e. The summed E-state index contributed by atoms with van der Waals surface area (Å²) in [6.07, 6.45) is 0. The van der Waals surface area contributed by atoms with Gasteiger partial charge >= 0.3 is 0 Å². The van der Waals surface area contributed by atoms with Gasteiger partial charge in [-0.15, -0.1) is 0 Å². The molecule has 2 aromatic heterocycles. The molecule has 1 aromatic carbocycles. The van der Waals surface area contributed by atoms with Crippen LogP contribution < -0.4 is 9.47 Å². The summed E-state index contributed by atoms with van der Waals surface area (Å²) in [4.78, 5) is 11.6. The third-order valence-electron chi connectivity index (χ3n) is 2.95. The zero-order chi connectivity index (χ0) is 14.1. The fourth-order valence-corrected chi connectivity index (χ4v) is 1.94. The van der Waals surface area contributed by atoms with Crippen molar-refractivity contribution in [3.05, 3.63) is 36.1 Å². The molecule has 5 nitrogen and oxygen atoms in total. The second-order valence-corrected chi connectivity index (χ2v) is 4.16. The molecular formula is C14H12FN3O2. The Morgan fingerprint density at radius 3 is 2.60 bits per heavy atom. The number of imidazole rings is 1. The average molecular weight is 273 g/mol. The molecule has 0 radical (unpaired) electrons. The molecule has 0 aliphatic rings. The van der Waals surface area contributed by atoms with Crippen molar-refractivity contribution in [3.63, 3.8) is 0 Å². The van der Waals surface area contributed by atoms with E-state index in [2.05, 4.69) is 15.0 Å². The van der Waals surface area contributed by atoms with Gasteiger partial charge in [-0.3, -0.25) is 0 Å². The number of hydrogen-bond acceptors (Lipinski definition) is 4. The van der Waals surface area contributed by atoms with Crippen LogP contribution in [0.25, 0.3) is 22.6 Å². The Bertz CT molecular complexity index is 770. The van der Waals surface area contributed by atoms with E-state index in [1.54, 1.807) is 25.3 Å². The van der Waals surface area contributed by atoms with E-state index >= 15 is 0 Å². The van der Waals surface area contributed by atoms with Gasteiger partial charge in [0.15, 0.2) is 17.2 Å². The summed E-state index contributed by atoms with van der Waals surface area (Å²) in [5.41, 5.74) is 1.91. The molecule has 0 saturated carbocycles. The molecule has 0 bridgehead atoms. The number of aromatic nitrogens is 3. The lowest BCUT2D eigenvalue weighted by atomic mass is 10.2. The van der Waals surface area contributed by atoms with Gasteiger partial charge in [0.25, 0.3) is 0 Å². The summed E-state index contributed by atoms with van der Waals surface area (Å²) in [6, 6.07) is 8.22. The highest BCUT2D eigenvalue weighted by Crippen LogP contribution is 2.25. The van der Waals surface area contributed by atoms with E-state index in [1.165, 1.54) is 13.2 Å². The topological polar surface area (TPSA) is 60.0 Å². The summed E-state index contributed by atoms with van der Waals surface area (Å²) in [7, 11) is 2.97. The van der Waals surface area contributed by atoms with Gasteiger partial charge in [-0.05, 0) is 24.3 Å². The van der Waals surface area contributed by atoms with E-state index in [0.717, 1.165) is 5.52 Å². The molecule has 3 aromatic rings. The molecule has 2 heterocycles. The van der Waals surface area contributed by atoms with E-state index in [-0.39, 0.29) is 5.75 Å². The lowest BCUT2D eigenvalue weighted by Crippen LogP contribution is -1.89. The van der Waals surface area contributed by atoms with Crippen molar-refractivity contribution < 1.29 is 13.9 Å². The maximum atomic E-state index is 13.7. The van der Waals surface area contributed by atoms with E-state index in [4.69, 9.17) is 9.47 Å². The number of aromatic amines is 1. The fraction of sp³-hybridized carbons (Fsp3) is 0.143. The Labute approximate surface area is 114 Å². The predicted octanol–water partition coefficient (Wildman–Crippen LogP) is 2.78. The lowest BCUT2D eigenvalue weighted by molar-refractivity contribution is 0.386. The lowest BCUT2D eigenvalue weighted by Gasteiger charge is -2.02. The Hall–Kier alpha value is -2.63. The van der Waals surface area contributed by atoms with Gasteiger partial charge in [0.1, 0.15) is 5.82 Å². The van der Waals surface area contributed by atoms with Crippen LogP contribution in [0, 0.1) is 5.82 Å². The number of methoxy groups -OCH3 is 2. The molecule has 1 N–H and O–H groups in total. The van der Waals surface area contributed by atoms with Gasteiger partial charge < -0.3 is 14.5 Å². The Kier molecular flexibility index (Phi) is 2.98. The second kappa shape index (κ2) is 4.80. The molecule has 0 spiro atoms. The molecular weight excluding hydrogens is 261 g/mol. The maximum Gasteiger partial charge on any atom is 0.215 e. The van der Waals surface area contributed by atoms with Crippen molar-refractivity contribution in [1.29, 1.82) is 0 Å². The smallest absolute Gasteiger partial charge is 0.215 e. The van der Waals surface area contributed by atoms with Crippen LogP contribution in [0.5, 0.6) is 11.6 Å². The van der Waals surface area contributed by atoms with Gasteiger partial charge in [-0.25, -0.2) is 9.37 Å². The van der Waals surface area contributed by atoms with Crippen LogP contribution in [0.1, 0.15) is 0 Å². The van der Waals surface area contributed by atoms with Crippen LogP contribution in [0.2, 0.25) is 0 Å². The summed E-state index contributed by atoms with van der Waals surface area (Å²) in [5.74, 6) is 0.791. The van der Waals surface area contributed by atoms with Crippen LogP contribution in [0.4, 0.5) is 4.39 Å². The van der Waals surface area contributed by atoms with Gasteiger partial charge in [0.2, 0.25) is 5.88 Å². The summed E-state index contributed by atoms with van der Waals surface area (Å²) in [5, 5.41) is 0. The first-order chi connectivity index (χ1) is 9.71. The second-order valence-electron chi connectivity index (χ2n) is 4.16. The summed E-state index contributed by atoms with van der Waals surface area (Å²) in [6.45, 7) is 0. The first-order valence-corrected chi connectivity index (χ1v) is 5.96. The minimum atomic E-state index is -0.434. The van der Waals surface area contributed by atoms with Gasteiger partial charge in [-0.2, -0.15) is 4.98 Å². The number of nitrogens with zero attached hydrogens (tertiary/aromatic N) is 2. The molecule has 0 aliphatic carbocycles. The van der Waals surface area contributed by atoms with Crippen molar-refractivity contribution in [2.45, 2.75) is 0 Å². The number of H-pyrrole nitrogens is 1. The molecule has 0 amide bonds. The summed E-state index contributed by atoms with van der Waals surface area (Å²) >= 11 is 0. The Balaban J connectivity index is 2.07. The molecule has 0 atom stereocenters. The number of fused-ring (bicyclic) bond motifs is 1. The molecule has 102 valence electrons. The molecule has 0 saturated heterocycles. The third kappa shape index (κ3) is 2.05. The first kappa shape index (κ1) is 12.4. The molecule has 0 aliphatic heterocycles. The molecule has 6 heteroatoms. The van der Waals surface area contributed by atoms with Crippen molar-refractivity contribution in [1.82, 2.24) is 15.0 Å². The van der Waals surface area contributed by atoms with Crippen LogP contribution in [0.3, 0.4) is 0 Å². The Morgan fingerprint density at radius 1 is 1.05 bits per heavy atom. The third-order valence-corrected chi connectivity index (χ3v) is 2.95. The van der Waals surface area contributed by atoms with Crippen LogP contribution in [-0.4, -0.2) is 29.2 Å². The monoisotopic (exact) mass is 273 g/mol. The predicted molar refractivity (Wildman–Crippen MR) is 72.4 cm³/mol. The molecule has 20 heavy (non-hydrogen) atoms. The van der Waals surface area contributed by atoms with E-state index in [0.29, 0.717) is 22.9 Å². The fourth-order valence-electron chi connectivity index (χ4n) is 1.94. The van der Waals surface area contributed by atoms with Crippen LogP contribution in [-0.2, 0) is 0 Å².